The third kappa shape index (κ3) is 10.1. The Morgan fingerprint density at radius 2 is 0.438 bits per heavy atom. The van der Waals surface area contributed by atoms with Crippen LogP contribution in [0.1, 0.15) is 28.8 Å². The lowest BCUT2D eigenvalue weighted by atomic mass is 9.86. The molecular weight excluding hydrogens is 1550 g/mol. The predicted octanol–water partition coefficient (Wildman–Crippen LogP) is 31.2. The standard InChI is InChI=1S/C120H76N8/c1-5-35-81(36-6-1)121-105-51-21-13-43-89(105)97-59-63-101-93-47-17-25-55-109(93)125(117(101)113(97)121)85-69-79(70-86(73-85)126-110-56-26-18-48-94(110)102-64-60-98-90-44-14-22-52-106(90)122(114(98)118(102)126)82-37-7-2-8-38-82)77-33-29-31-75(67-77)76-32-30-34-78(68-76)80-71-87(127-111-57-27-19-49-95(111)103-65-61-99-91-45-15-23-53-107(91)123(115(99)119(103)127)83-39-9-3-10-40-83)74-88(72-80)128-112-58-28-20-50-96(112)104-66-62-100-92-46-16-24-54-108(92)124(116(100)120(104)128)84-41-11-4-12-42-84/h1-74,97,113H. The van der Waals surface area contributed by atoms with Crippen LogP contribution >= 0.6 is 0 Å². The second-order valence-corrected chi connectivity index (χ2v) is 34.6. The van der Waals surface area contributed by atoms with E-state index in [1.165, 1.54) is 98.2 Å². The van der Waals surface area contributed by atoms with Crippen molar-refractivity contribution in [2.75, 3.05) is 4.90 Å². The van der Waals surface area contributed by atoms with Crippen LogP contribution in [-0.2, 0) is 0 Å². The molecule has 596 valence electrons. The molecule has 0 saturated carbocycles. The molecule has 8 nitrogen and oxygen atoms in total. The first kappa shape index (κ1) is 70.6. The van der Waals surface area contributed by atoms with Gasteiger partial charge in [-0.1, -0.05) is 303 Å². The molecule has 0 amide bonds. The van der Waals surface area contributed by atoms with Gasteiger partial charge >= 0.3 is 0 Å². The number of rotatable bonds is 11. The van der Waals surface area contributed by atoms with Crippen molar-refractivity contribution in [3.05, 3.63) is 460 Å². The second kappa shape index (κ2) is 27.3. The van der Waals surface area contributed by atoms with E-state index in [4.69, 9.17) is 0 Å². The molecule has 0 bridgehead atoms. The zero-order valence-electron chi connectivity index (χ0n) is 69.5. The Hall–Kier alpha value is -16.9. The predicted molar refractivity (Wildman–Crippen MR) is 535 cm³/mol. The van der Waals surface area contributed by atoms with Crippen molar-refractivity contribution in [1.29, 1.82) is 0 Å². The molecule has 0 radical (unpaired) electrons. The maximum Gasteiger partial charge on any atom is 0.0856 e. The van der Waals surface area contributed by atoms with Crippen molar-refractivity contribution >= 4 is 159 Å². The van der Waals surface area contributed by atoms with E-state index in [1.807, 2.05) is 0 Å². The molecule has 7 aromatic heterocycles. The average Bonchev–Trinajstić information content (AvgIpc) is 1.55. The summed E-state index contributed by atoms with van der Waals surface area (Å²) < 4.78 is 17.9. The topological polar surface area (TPSA) is 37.8 Å². The van der Waals surface area contributed by atoms with Gasteiger partial charge in [0, 0.05) is 133 Å². The quantitative estimate of drug-likeness (QED) is 0.127. The number of para-hydroxylation sites is 12. The molecule has 0 fully saturated rings. The summed E-state index contributed by atoms with van der Waals surface area (Å²) in [5.74, 6) is 0.0778. The van der Waals surface area contributed by atoms with Crippen molar-refractivity contribution in [2.45, 2.75) is 12.0 Å². The molecule has 1 aliphatic heterocycles. The molecule has 8 heterocycles. The van der Waals surface area contributed by atoms with Crippen LogP contribution in [0.4, 0.5) is 11.4 Å². The van der Waals surface area contributed by atoms with Crippen LogP contribution in [0.5, 0.6) is 0 Å². The van der Waals surface area contributed by atoms with Gasteiger partial charge in [0.05, 0.1) is 83.5 Å². The molecule has 2 unspecified atom stereocenters. The van der Waals surface area contributed by atoms with E-state index in [1.54, 1.807) is 0 Å². The fraction of sp³-hybridized carbons (Fsp3) is 0.0167. The van der Waals surface area contributed by atoms with E-state index >= 15 is 0 Å². The molecule has 0 saturated heterocycles. The van der Waals surface area contributed by atoms with Gasteiger partial charge in [-0.3, -0.25) is 0 Å². The normalized spacial score (nSPS) is 13.9. The highest BCUT2D eigenvalue weighted by atomic mass is 15.2. The van der Waals surface area contributed by atoms with Gasteiger partial charge in [0.1, 0.15) is 0 Å². The van der Waals surface area contributed by atoms with Gasteiger partial charge in [-0.05, 0) is 185 Å². The summed E-state index contributed by atoms with van der Waals surface area (Å²) in [4.78, 5) is 2.62. The Kier molecular flexibility index (Phi) is 15.0. The third-order valence-electron chi connectivity index (χ3n) is 27.9. The Labute approximate surface area is 735 Å². The van der Waals surface area contributed by atoms with E-state index in [9.17, 15) is 0 Å². The van der Waals surface area contributed by atoms with Crippen LogP contribution < -0.4 is 4.90 Å². The lowest BCUT2D eigenvalue weighted by Gasteiger charge is -2.33. The zero-order chi connectivity index (χ0) is 83.5. The number of aromatic nitrogens is 7. The first-order valence-electron chi connectivity index (χ1n) is 44.4. The van der Waals surface area contributed by atoms with Crippen LogP contribution in [0.25, 0.3) is 221 Å². The fourth-order valence-electron chi connectivity index (χ4n) is 22.7. The van der Waals surface area contributed by atoms with E-state index in [0.717, 1.165) is 145 Å². The number of benzene rings is 19. The zero-order valence-corrected chi connectivity index (χ0v) is 69.5. The van der Waals surface area contributed by atoms with Gasteiger partial charge in [0.2, 0.25) is 0 Å². The van der Waals surface area contributed by atoms with Crippen LogP contribution in [0.15, 0.2) is 443 Å². The molecule has 0 N–H and O–H groups in total. The van der Waals surface area contributed by atoms with Crippen LogP contribution in [0.3, 0.4) is 0 Å². The Morgan fingerprint density at radius 3 is 0.781 bits per heavy atom. The largest absolute Gasteiger partial charge is 0.331 e. The van der Waals surface area contributed by atoms with Crippen molar-refractivity contribution in [2.24, 2.45) is 0 Å². The molecule has 2 atom stereocenters. The lowest BCUT2D eigenvalue weighted by Crippen LogP contribution is -2.26. The molecule has 26 aromatic rings. The maximum atomic E-state index is 2.64. The van der Waals surface area contributed by atoms with Crippen molar-refractivity contribution in [1.82, 2.24) is 32.0 Å². The van der Waals surface area contributed by atoms with Crippen LogP contribution in [0, 0.1) is 0 Å². The van der Waals surface area contributed by atoms with Gasteiger partial charge in [0.25, 0.3) is 0 Å². The smallest absolute Gasteiger partial charge is 0.0856 e. The van der Waals surface area contributed by atoms with Crippen molar-refractivity contribution in [3.8, 4) is 73.2 Å². The Morgan fingerprint density at radius 1 is 0.172 bits per heavy atom. The second-order valence-electron chi connectivity index (χ2n) is 34.6. The molecule has 0 spiro atoms. The first-order valence-corrected chi connectivity index (χ1v) is 44.4. The Bertz CT molecular complexity index is 8970. The summed E-state index contributed by atoms with van der Waals surface area (Å²) >= 11 is 0. The lowest BCUT2D eigenvalue weighted by molar-refractivity contribution is 0.636. The van der Waals surface area contributed by atoms with Crippen LogP contribution in [-0.4, -0.2) is 32.0 Å². The monoisotopic (exact) mass is 1630 g/mol. The minimum absolute atomic E-state index is 0.0767. The highest BCUT2D eigenvalue weighted by Gasteiger charge is 2.44. The first-order chi connectivity index (χ1) is 63.6. The number of hydrogen-bond acceptors (Lipinski definition) is 1. The molecule has 2 aliphatic rings. The highest BCUT2D eigenvalue weighted by Crippen LogP contribution is 2.58. The van der Waals surface area contributed by atoms with Gasteiger partial charge in [0.15, 0.2) is 0 Å². The number of nitrogens with zero attached hydrogens (tertiary/aromatic N) is 8. The van der Waals surface area contributed by atoms with Gasteiger partial charge in [-0.15, -0.1) is 0 Å². The van der Waals surface area contributed by atoms with Crippen molar-refractivity contribution in [3.63, 3.8) is 0 Å². The summed E-state index contributed by atoms with van der Waals surface area (Å²) in [5.41, 5.74) is 35.3. The van der Waals surface area contributed by atoms with E-state index in [0.29, 0.717) is 0 Å². The molecule has 28 rings (SSSR count). The third-order valence-corrected chi connectivity index (χ3v) is 27.9. The van der Waals surface area contributed by atoms with Crippen LogP contribution in [0.2, 0.25) is 0 Å². The molecule has 8 heteroatoms. The van der Waals surface area contributed by atoms with E-state index in [-0.39, 0.29) is 12.0 Å². The van der Waals surface area contributed by atoms with Gasteiger partial charge in [-0.2, -0.15) is 0 Å². The summed E-state index contributed by atoms with van der Waals surface area (Å²) in [7, 11) is 0. The number of hydrogen-bond donors (Lipinski definition) is 0. The molecule has 128 heavy (non-hydrogen) atoms. The number of anilines is 2. The Balaban J connectivity index is 0.693. The fourth-order valence-corrected chi connectivity index (χ4v) is 22.7. The van der Waals surface area contributed by atoms with Crippen molar-refractivity contribution < 1.29 is 0 Å². The molecule has 19 aromatic carbocycles. The number of fused-ring (bicyclic) bond motifs is 28. The van der Waals surface area contributed by atoms with E-state index < -0.39 is 0 Å². The molecular formula is C120H76N8. The maximum absolute atomic E-state index is 2.64. The summed E-state index contributed by atoms with van der Waals surface area (Å²) in [6.45, 7) is 0. The van der Waals surface area contributed by atoms with Gasteiger partial charge < -0.3 is 36.9 Å². The summed E-state index contributed by atoms with van der Waals surface area (Å²) in [6, 6.07) is 164. The average molecular weight is 1630 g/mol. The highest BCUT2D eigenvalue weighted by molar-refractivity contribution is 6.27. The summed E-state index contributed by atoms with van der Waals surface area (Å²) in [6.07, 6.45) is 4.90. The molecule has 1 aliphatic carbocycles. The van der Waals surface area contributed by atoms with E-state index in [2.05, 4.69) is 486 Å². The minimum atomic E-state index is -0.0767. The summed E-state index contributed by atoms with van der Waals surface area (Å²) in [5, 5.41) is 15.6. The van der Waals surface area contributed by atoms with Gasteiger partial charge in [-0.25, -0.2) is 0 Å². The minimum Gasteiger partial charge on any atom is -0.331 e. The SMILES string of the molecule is C1=CC2c3ccccc3N(c3ccccc3)C2c2c1c1ccccc1n2-c1cc(-c2cccc(-c3cccc(-c4cc(-n5c6ccccc6c6ccc7c8ccccc8n(-c8ccccc8)c7c65)cc(-n5c6ccccc6c6ccc7c8ccccc8n(-c8ccccc8)c7c65)c4)c3)c2)cc(-n2c3ccccc3c3ccc4c5ccccc5n(-c5ccccc5)c4c32)c1.